The Hall–Kier alpha value is -2.04. The first-order chi connectivity index (χ1) is 13.5. The van der Waals surface area contributed by atoms with E-state index in [4.69, 9.17) is 4.52 Å². The zero-order valence-electron chi connectivity index (χ0n) is 15.2. The van der Waals surface area contributed by atoms with E-state index in [2.05, 4.69) is 31.1 Å². The molecular formula is C18H20BrN5O3S. The Balaban J connectivity index is 1.43. The van der Waals surface area contributed by atoms with Crippen molar-refractivity contribution >= 4 is 26.0 Å². The second-order valence-corrected chi connectivity index (χ2v) is 9.56. The highest BCUT2D eigenvalue weighted by Crippen LogP contribution is 2.19. The van der Waals surface area contributed by atoms with E-state index in [1.165, 1.54) is 16.8 Å². The summed E-state index contributed by atoms with van der Waals surface area (Å²) in [6.45, 7) is 1.41. The molecule has 0 spiro atoms. The van der Waals surface area contributed by atoms with Crippen molar-refractivity contribution in [3.05, 3.63) is 58.5 Å². The maximum atomic E-state index is 12.7. The lowest BCUT2D eigenvalue weighted by molar-refractivity contribution is 0.345. The highest BCUT2D eigenvalue weighted by atomic mass is 79.9. The lowest BCUT2D eigenvalue weighted by Crippen LogP contribution is -2.35. The van der Waals surface area contributed by atoms with Crippen LogP contribution in [0.5, 0.6) is 0 Å². The Kier molecular flexibility index (Phi) is 5.61. The fourth-order valence-corrected chi connectivity index (χ4v) is 4.88. The predicted octanol–water partition coefficient (Wildman–Crippen LogP) is 2.84. The minimum Gasteiger partial charge on any atom is -0.339 e. The molecule has 8 nitrogen and oxygen atoms in total. The van der Waals surface area contributed by atoms with Crippen LogP contribution in [0.2, 0.25) is 0 Å². The van der Waals surface area contributed by atoms with Crippen molar-refractivity contribution in [1.82, 2.24) is 24.0 Å². The molecule has 0 bridgehead atoms. The topological polar surface area (TPSA) is 94.1 Å². The van der Waals surface area contributed by atoms with Crippen molar-refractivity contribution in [1.29, 1.82) is 0 Å². The van der Waals surface area contributed by atoms with Crippen molar-refractivity contribution in [3.8, 4) is 0 Å². The number of benzene rings is 1. The van der Waals surface area contributed by atoms with E-state index in [-0.39, 0.29) is 5.03 Å². The molecule has 0 saturated carbocycles. The lowest BCUT2D eigenvalue weighted by Gasteiger charge is -2.24. The van der Waals surface area contributed by atoms with Crippen LogP contribution in [0.25, 0.3) is 0 Å². The molecule has 4 rings (SSSR count). The average Bonchev–Trinajstić information content (AvgIpc) is 3.35. The highest BCUT2D eigenvalue weighted by Gasteiger charge is 2.28. The quantitative estimate of drug-likeness (QED) is 0.555. The smallest absolute Gasteiger partial charge is 0.262 e. The summed E-state index contributed by atoms with van der Waals surface area (Å²) in [6, 6.07) is 7.90. The first-order valence-electron chi connectivity index (χ1n) is 9.08. The summed E-state index contributed by atoms with van der Waals surface area (Å²) < 4.78 is 34.8. The van der Waals surface area contributed by atoms with Gasteiger partial charge in [-0.05, 0) is 30.5 Å². The van der Waals surface area contributed by atoms with Gasteiger partial charge >= 0.3 is 0 Å². The van der Waals surface area contributed by atoms with Gasteiger partial charge in [-0.2, -0.15) is 9.29 Å². The first kappa shape index (κ1) is 19.3. The second kappa shape index (κ2) is 8.14. The number of piperidine rings is 1. The maximum Gasteiger partial charge on any atom is 0.262 e. The molecule has 1 aliphatic rings. The van der Waals surface area contributed by atoms with Gasteiger partial charge in [-0.3, -0.25) is 0 Å². The standard InChI is InChI=1S/C18H20BrN5O3S/c19-15-6-4-14(5-7-15)10-17-21-16(22-27-17)11-23-12-18(20-13-23)28(25,26)24-8-2-1-3-9-24/h4-7,12-13H,1-3,8-11H2. The molecule has 1 aromatic carbocycles. The van der Waals surface area contributed by atoms with E-state index in [0.717, 1.165) is 29.3 Å². The SMILES string of the molecule is O=S(=O)(c1cn(Cc2noc(Cc3ccc(Br)cc3)n2)cn1)N1CCCCC1. The fourth-order valence-electron chi connectivity index (χ4n) is 3.16. The number of sulfonamides is 1. The molecule has 1 aliphatic heterocycles. The van der Waals surface area contributed by atoms with Crippen molar-refractivity contribution < 1.29 is 12.9 Å². The van der Waals surface area contributed by atoms with Crippen LogP contribution in [0, 0.1) is 0 Å². The molecule has 2 aromatic heterocycles. The highest BCUT2D eigenvalue weighted by molar-refractivity contribution is 9.10. The van der Waals surface area contributed by atoms with Crippen LogP contribution in [0.3, 0.4) is 0 Å². The van der Waals surface area contributed by atoms with E-state index < -0.39 is 10.0 Å². The molecule has 0 N–H and O–H groups in total. The zero-order valence-corrected chi connectivity index (χ0v) is 17.6. The third-order valence-corrected chi connectivity index (χ3v) is 6.94. The summed E-state index contributed by atoms with van der Waals surface area (Å²) in [4.78, 5) is 8.47. The van der Waals surface area contributed by atoms with Gasteiger partial charge in [0.25, 0.3) is 10.0 Å². The van der Waals surface area contributed by atoms with Gasteiger partial charge in [-0.15, -0.1) is 0 Å². The van der Waals surface area contributed by atoms with Crippen molar-refractivity contribution in [2.75, 3.05) is 13.1 Å². The molecule has 0 radical (unpaired) electrons. The van der Waals surface area contributed by atoms with E-state index in [9.17, 15) is 8.42 Å². The third kappa shape index (κ3) is 4.34. The summed E-state index contributed by atoms with van der Waals surface area (Å²) in [6.07, 6.45) is 6.41. The average molecular weight is 466 g/mol. The normalized spacial score (nSPS) is 15.8. The molecule has 0 aliphatic carbocycles. The molecular weight excluding hydrogens is 446 g/mol. The number of imidazole rings is 1. The van der Waals surface area contributed by atoms with Gasteiger partial charge in [0.2, 0.25) is 5.89 Å². The molecule has 3 aromatic rings. The zero-order chi connectivity index (χ0) is 19.6. The molecule has 148 valence electrons. The molecule has 10 heteroatoms. The summed E-state index contributed by atoms with van der Waals surface area (Å²) in [5.41, 5.74) is 1.07. The molecule has 0 amide bonds. The first-order valence-corrected chi connectivity index (χ1v) is 11.3. The largest absolute Gasteiger partial charge is 0.339 e. The molecule has 28 heavy (non-hydrogen) atoms. The van der Waals surface area contributed by atoms with Gasteiger partial charge in [0.05, 0.1) is 19.3 Å². The van der Waals surface area contributed by atoms with E-state index in [0.29, 0.717) is 37.8 Å². The lowest BCUT2D eigenvalue weighted by atomic mass is 10.1. The number of rotatable bonds is 6. The minimum atomic E-state index is -3.54. The minimum absolute atomic E-state index is 0.0629. The fraction of sp³-hybridized carbons (Fsp3) is 0.389. The van der Waals surface area contributed by atoms with Gasteiger partial charge in [-0.25, -0.2) is 13.4 Å². The summed E-state index contributed by atoms with van der Waals surface area (Å²) in [5, 5.41) is 4.05. The summed E-state index contributed by atoms with van der Waals surface area (Å²) >= 11 is 3.41. The number of nitrogens with zero attached hydrogens (tertiary/aromatic N) is 5. The molecule has 1 fully saturated rings. The Morgan fingerprint density at radius 3 is 2.61 bits per heavy atom. The van der Waals surface area contributed by atoms with Crippen LogP contribution in [-0.4, -0.2) is 45.5 Å². The van der Waals surface area contributed by atoms with Crippen LogP contribution in [0.1, 0.15) is 36.5 Å². The maximum absolute atomic E-state index is 12.7. The van der Waals surface area contributed by atoms with Crippen LogP contribution in [-0.2, 0) is 23.0 Å². The van der Waals surface area contributed by atoms with Crippen LogP contribution >= 0.6 is 15.9 Å². The third-order valence-electron chi connectivity index (χ3n) is 4.63. The predicted molar refractivity (Wildman–Crippen MR) is 105 cm³/mol. The Morgan fingerprint density at radius 2 is 1.86 bits per heavy atom. The van der Waals surface area contributed by atoms with Gasteiger partial charge in [0, 0.05) is 23.8 Å². The van der Waals surface area contributed by atoms with Gasteiger partial charge in [-0.1, -0.05) is 39.6 Å². The molecule has 0 atom stereocenters. The summed E-state index contributed by atoms with van der Waals surface area (Å²) in [5.74, 6) is 0.991. The molecule has 1 saturated heterocycles. The summed E-state index contributed by atoms with van der Waals surface area (Å²) in [7, 11) is -3.54. The number of hydrogen-bond donors (Lipinski definition) is 0. The molecule has 3 heterocycles. The Morgan fingerprint density at radius 1 is 1.11 bits per heavy atom. The number of halogens is 1. The van der Waals surface area contributed by atoms with Crippen LogP contribution < -0.4 is 0 Å². The van der Waals surface area contributed by atoms with Crippen LogP contribution in [0.4, 0.5) is 0 Å². The van der Waals surface area contributed by atoms with Crippen molar-refractivity contribution in [2.45, 2.75) is 37.3 Å². The Labute approximate surface area is 171 Å². The van der Waals surface area contributed by atoms with Gasteiger partial charge in [0.1, 0.15) is 0 Å². The second-order valence-electron chi connectivity index (χ2n) is 6.76. The van der Waals surface area contributed by atoms with E-state index in [1.807, 2.05) is 24.3 Å². The van der Waals surface area contributed by atoms with E-state index in [1.54, 1.807) is 4.57 Å². The van der Waals surface area contributed by atoms with Gasteiger partial charge in [0.15, 0.2) is 10.9 Å². The molecule has 0 unspecified atom stereocenters. The number of aromatic nitrogens is 4. The van der Waals surface area contributed by atoms with Gasteiger partial charge < -0.3 is 9.09 Å². The van der Waals surface area contributed by atoms with Crippen molar-refractivity contribution in [2.24, 2.45) is 0 Å². The van der Waals surface area contributed by atoms with Crippen molar-refractivity contribution in [3.63, 3.8) is 0 Å². The van der Waals surface area contributed by atoms with E-state index >= 15 is 0 Å². The monoisotopic (exact) mass is 465 g/mol. The van der Waals surface area contributed by atoms with Crippen LogP contribution in [0.15, 0.2) is 50.8 Å². The number of hydrogen-bond acceptors (Lipinski definition) is 6. The Bertz CT molecular complexity index is 1040.